The number of anilines is 1. The third-order valence-corrected chi connectivity index (χ3v) is 2.87. The maximum Gasteiger partial charge on any atom is 0.143 e. The third kappa shape index (κ3) is 4.00. The number of aromatic nitrogens is 2. The van der Waals surface area contributed by atoms with Gasteiger partial charge in [0.2, 0.25) is 0 Å². The fraction of sp³-hybridized carbons (Fsp3) is 0.231. The van der Waals surface area contributed by atoms with Crippen molar-refractivity contribution >= 4 is 21.7 Å². The summed E-state index contributed by atoms with van der Waals surface area (Å²) >= 11 is 3.38. The molecule has 0 unspecified atom stereocenters. The van der Waals surface area contributed by atoms with E-state index in [9.17, 15) is 0 Å². The molecule has 18 heavy (non-hydrogen) atoms. The van der Waals surface area contributed by atoms with E-state index in [0.717, 1.165) is 29.0 Å². The lowest BCUT2D eigenvalue weighted by Gasteiger charge is -2.08. The van der Waals surface area contributed by atoms with Gasteiger partial charge in [-0.2, -0.15) is 0 Å². The minimum Gasteiger partial charge on any atom is -0.494 e. The molecule has 0 fully saturated rings. The molecule has 4 nitrogen and oxygen atoms in total. The molecule has 0 amide bonds. The minimum atomic E-state index is 0.680. The highest BCUT2D eigenvalue weighted by molar-refractivity contribution is 9.10. The molecule has 0 saturated heterocycles. The Balaban J connectivity index is 1.66. The van der Waals surface area contributed by atoms with Crippen molar-refractivity contribution in [2.24, 2.45) is 0 Å². The first kappa shape index (κ1) is 12.8. The molecule has 0 aliphatic rings. The summed E-state index contributed by atoms with van der Waals surface area (Å²) in [6, 6.07) is 9.81. The van der Waals surface area contributed by atoms with Crippen LogP contribution < -0.4 is 10.1 Å². The van der Waals surface area contributed by atoms with Crippen LogP contribution in [0.15, 0.2) is 47.3 Å². The smallest absolute Gasteiger partial charge is 0.143 e. The van der Waals surface area contributed by atoms with E-state index in [-0.39, 0.29) is 0 Å². The molecule has 0 atom stereocenters. The summed E-state index contributed by atoms with van der Waals surface area (Å²) in [7, 11) is 0. The second kappa shape index (κ2) is 6.96. The van der Waals surface area contributed by atoms with Crippen LogP contribution in [0, 0.1) is 0 Å². The normalized spacial score (nSPS) is 10.1. The van der Waals surface area contributed by atoms with Crippen LogP contribution in [0.1, 0.15) is 6.42 Å². The molecule has 0 aliphatic heterocycles. The second-order valence-electron chi connectivity index (χ2n) is 3.66. The lowest BCUT2D eigenvalue weighted by molar-refractivity contribution is 0.315. The van der Waals surface area contributed by atoms with Crippen LogP contribution >= 0.6 is 15.9 Å². The van der Waals surface area contributed by atoms with Gasteiger partial charge in [0, 0.05) is 12.7 Å². The Morgan fingerprint density at radius 1 is 1.22 bits per heavy atom. The molecule has 1 heterocycles. The van der Waals surface area contributed by atoms with Crippen molar-refractivity contribution in [3.8, 4) is 5.75 Å². The maximum atomic E-state index is 5.59. The van der Waals surface area contributed by atoms with Crippen molar-refractivity contribution in [3.63, 3.8) is 0 Å². The summed E-state index contributed by atoms with van der Waals surface area (Å²) in [6.45, 7) is 1.49. The van der Waals surface area contributed by atoms with Crippen molar-refractivity contribution in [1.82, 2.24) is 9.97 Å². The number of ether oxygens (including phenoxy) is 1. The summed E-state index contributed by atoms with van der Waals surface area (Å²) < 4.78 is 6.46. The molecule has 1 aromatic heterocycles. The third-order valence-electron chi connectivity index (χ3n) is 2.29. The molecule has 5 heteroatoms. The van der Waals surface area contributed by atoms with Crippen LogP contribution in [0.3, 0.4) is 0 Å². The number of hydrogen-bond donors (Lipinski definition) is 1. The first-order valence-corrected chi connectivity index (χ1v) is 6.53. The predicted molar refractivity (Wildman–Crippen MR) is 74.8 cm³/mol. The molecule has 0 aliphatic carbocycles. The Morgan fingerprint density at radius 3 is 2.83 bits per heavy atom. The highest BCUT2D eigenvalue weighted by Gasteiger charge is 1.99. The molecule has 94 valence electrons. The zero-order chi connectivity index (χ0) is 12.6. The van der Waals surface area contributed by atoms with Gasteiger partial charge in [0.1, 0.15) is 17.9 Å². The number of halogens is 1. The molecule has 1 aromatic carbocycles. The predicted octanol–water partition coefficient (Wildman–Crippen LogP) is 3.12. The van der Waals surface area contributed by atoms with Crippen molar-refractivity contribution in [3.05, 3.63) is 47.3 Å². The van der Waals surface area contributed by atoms with Gasteiger partial charge in [0.25, 0.3) is 0 Å². The van der Waals surface area contributed by atoms with Crippen LogP contribution in [0.5, 0.6) is 5.75 Å². The van der Waals surface area contributed by atoms with Gasteiger partial charge in [-0.25, -0.2) is 9.97 Å². The first-order chi connectivity index (χ1) is 8.86. The monoisotopic (exact) mass is 307 g/mol. The fourth-order valence-electron chi connectivity index (χ4n) is 1.43. The number of para-hydroxylation sites is 1. The standard InChI is InChI=1S/C13H14BrN3O/c14-12-9-15-10-17-13(12)16-7-4-8-18-11-5-2-1-3-6-11/h1-3,5-6,9-10H,4,7-8H2,(H,15,16,17). The molecular formula is C13H14BrN3O. The van der Waals surface area contributed by atoms with Gasteiger partial charge in [-0.3, -0.25) is 0 Å². The molecule has 0 saturated carbocycles. The van der Waals surface area contributed by atoms with Gasteiger partial charge in [-0.15, -0.1) is 0 Å². The van der Waals surface area contributed by atoms with E-state index in [4.69, 9.17) is 4.74 Å². The number of benzene rings is 1. The average Bonchev–Trinajstić information content (AvgIpc) is 2.42. The van der Waals surface area contributed by atoms with E-state index in [1.54, 1.807) is 6.20 Å². The zero-order valence-corrected chi connectivity index (χ0v) is 11.4. The van der Waals surface area contributed by atoms with Crippen molar-refractivity contribution in [2.75, 3.05) is 18.5 Å². The van der Waals surface area contributed by atoms with E-state index in [1.165, 1.54) is 6.33 Å². The Kier molecular flexibility index (Phi) is 4.96. The molecule has 0 radical (unpaired) electrons. The van der Waals surface area contributed by atoms with E-state index in [1.807, 2.05) is 30.3 Å². The minimum absolute atomic E-state index is 0.680. The molecule has 1 N–H and O–H groups in total. The molecular weight excluding hydrogens is 294 g/mol. The number of nitrogens with zero attached hydrogens (tertiary/aromatic N) is 2. The molecule has 2 rings (SSSR count). The van der Waals surface area contributed by atoms with Crippen molar-refractivity contribution < 1.29 is 4.74 Å². The van der Waals surface area contributed by atoms with E-state index >= 15 is 0 Å². The number of nitrogens with one attached hydrogen (secondary N) is 1. The Hall–Kier alpha value is -1.62. The number of hydrogen-bond acceptors (Lipinski definition) is 4. The SMILES string of the molecule is Brc1cncnc1NCCCOc1ccccc1. The summed E-state index contributed by atoms with van der Waals surface area (Å²) in [6.07, 6.45) is 4.15. The largest absolute Gasteiger partial charge is 0.494 e. The first-order valence-electron chi connectivity index (χ1n) is 5.73. The van der Waals surface area contributed by atoms with Gasteiger partial charge >= 0.3 is 0 Å². The van der Waals surface area contributed by atoms with Crippen molar-refractivity contribution in [1.29, 1.82) is 0 Å². The van der Waals surface area contributed by atoms with Gasteiger partial charge in [-0.05, 0) is 34.5 Å². The van der Waals surface area contributed by atoms with Crippen LogP contribution in [0.25, 0.3) is 0 Å². The summed E-state index contributed by atoms with van der Waals surface area (Å²) in [5, 5.41) is 3.22. The van der Waals surface area contributed by atoms with Gasteiger partial charge in [0.15, 0.2) is 0 Å². The zero-order valence-electron chi connectivity index (χ0n) is 9.84. The average molecular weight is 308 g/mol. The van der Waals surface area contributed by atoms with E-state index in [2.05, 4.69) is 31.2 Å². The molecule has 0 bridgehead atoms. The summed E-state index contributed by atoms with van der Waals surface area (Å²) in [4.78, 5) is 8.03. The highest BCUT2D eigenvalue weighted by Crippen LogP contribution is 2.16. The van der Waals surface area contributed by atoms with Crippen LogP contribution in [0.4, 0.5) is 5.82 Å². The van der Waals surface area contributed by atoms with E-state index in [0.29, 0.717) is 6.61 Å². The number of rotatable bonds is 6. The quantitative estimate of drug-likeness (QED) is 0.833. The fourth-order valence-corrected chi connectivity index (χ4v) is 1.79. The Morgan fingerprint density at radius 2 is 2.06 bits per heavy atom. The lowest BCUT2D eigenvalue weighted by atomic mass is 10.3. The van der Waals surface area contributed by atoms with Crippen molar-refractivity contribution in [2.45, 2.75) is 6.42 Å². The Bertz CT molecular complexity index is 479. The molecule has 2 aromatic rings. The Labute approximate surface area is 115 Å². The lowest BCUT2D eigenvalue weighted by Crippen LogP contribution is -2.08. The maximum absolute atomic E-state index is 5.59. The van der Waals surface area contributed by atoms with Crippen LogP contribution in [-0.2, 0) is 0 Å². The summed E-state index contributed by atoms with van der Waals surface area (Å²) in [5.74, 6) is 1.71. The molecule has 0 spiro atoms. The van der Waals surface area contributed by atoms with Crippen LogP contribution in [-0.4, -0.2) is 23.1 Å². The highest BCUT2D eigenvalue weighted by atomic mass is 79.9. The van der Waals surface area contributed by atoms with Gasteiger partial charge < -0.3 is 10.1 Å². The van der Waals surface area contributed by atoms with Gasteiger partial charge in [-0.1, -0.05) is 18.2 Å². The topological polar surface area (TPSA) is 47.0 Å². The summed E-state index contributed by atoms with van der Waals surface area (Å²) in [5.41, 5.74) is 0. The second-order valence-corrected chi connectivity index (χ2v) is 4.52. The van der Waals surface area contributed by atoms with E-state index < -0.39 is 0 Å². The van der Waals surface area contributed by atoms with Crippen LogP contribution in [0.2, 0.25) is 0 Å². The van der Waals surface area contributed by atoms with Gasteiger partial charge in [0.05, 0.1) is 11.1 Å².